The van der Waals surface area contributed by atoms with Gasteiger partial charge in [-0.15, -0.1) is 0 Å². The van der Waals surface area contributed by atoms with Crippen LogP contribution >= 0.6 is 0 Å². The number of hydrogen-bond donors (Lipinski definition) is 0. The Bertz CT molecular complexity index is 905. The summed E-state index contributed by atoms with van der Waals surface area (Å²) >= 11 is 0. The molecule has 0 heterocycles. The van der Waals surface area contributed by atoms with Gasteiger partial charge in [-0.25, -0.2) is 4.39 Å². The molecular weight excluding hydrogens is 454 g/mol. The lowest BCUT2D eigenvalue weighted by Gasteiger charge is -2.28. The average Bonchev–Trinajstić information content (AvgIpc) is 2.87. The molecule has 1 aromatic rings. The van der Waals surface area contributed by atoms with Gasteiger partial charge in [0.25, 0.3) is 0 Å². The molecule has 0 aromatic heterocycles. The number of allylic oxidation sites excluding steroid dienone is 4. The number of halogens is 2. The third-order valence-corrected chi connectivity index (χ3v) is 8.20. The van der Waals surface area contributed by atoms with E-state index < -0.39 is 17.6 Å². The summed E-state index contributed by atoms with van der Waals surface area (Å²) in [5, 5.41) is 0. The molecule has 1 fully saturated rings. The van der Waals surface area contributed by atoms with E-state index >= 15 is 0 Å². The van der Waals surface area contributed by atoms with Crippen molar-refractivity contribution in [3.63, 3.8) is 0 Å². The molecule has 0 radical (unpaired) electrons. The maximum absolute atomic E-state index is 14.8. The van der Waals surface area contributed by atoms with Crippen LogP contribution < -0.4 is 4.74 Å². The smallest absolute Gasteiger partial charge is 0.314 e. The molecule has 2 aliphatic rings. The number of carbonyl (C=O) groups is 1. The van der Waals surface area contributed by atoms with E-state index in [1.54, 1.807) is 6.07 Å². The summed E-state index contributed by atoms with van der Waals surface area (Å²) in [6.07, 6.45) is 20.2. The van der Waals surface area contributed by atoms with Crippen molar-refractivity contribution in [3.05, 3.63) is 52.6 Å². The lowest BCUT2D eigenvalue weighted by Crippen LogP contribution is -2.23. The predicted molar refractivity (Wildman–Crippen MR) is 144 cm³/mol. The van der Waals surface area contributed by atoms with E-state index in [0.717, 1.165) is 31.6 Å². The van der Waals surface area contributed by atoms with Gasteiger partial charge in [-0.2, -0.15) is 4.39 Å². The number of esters is 1. The highest BCUT2D eigenvalue weighted by atomic mass is 19.2. The zero-order valence-electron chi connectivity index (χ0n) is 22.7. The van der Waals surface area contributed by atoms with Gasteiger partial charge in [0.05, 0.1) is 5.92 Å². The zero-order chi connectivity index (χ0) is 25.9. The summed E-state index contributed by atoms with van der Waals surface area (Å²) in [5.74, 6) is -1.49. The summed E-state index contributed by atoms with van der Waals surface area (Å²) < 4.78 is 34.9. The van der Waals surface area contributed by atoms with Crippen molar-refractivity contribution in [2.45, 2.75) is 117 Å². The first-order valence-electron chi connectivity index (χ1n) is 14.4. The quantitative estimate of drug-likeness (QED) is 0.124. The Balaban J connectivity index is 1.45. The van der Waals surface area contributed by atoms with Gasteiger partial charge in [-0.3, -0.25) is 4.79 Å². The second-order valence-corrected chi connectivity index (χ2v) is 11.3. The maximum Gasteiger partial charge on any atom is 0.314 e. The first kappa shape index (κ1) is 28.6. The van der Waals surface area contributed by atoms with Gasteiger partial charge in [0.15, 0.2) is 11.6 Å². The van der Waals surface area contributed by atoms with Crippen LogP contribution in [-0.2, 0) is 11.2 Å². The summed E-state index contributed by atoms with van der Waals surface area (Å²) in [7, 11) is 0. The molecule has 200 valence electrons. The fraction of sp³-hybridized carbons (Fsp3) is 0.656. The second kappa shape index (κ2) is 14.7. The Morgan fingerprint density at radius 3 is 2.33 bits per heavy atom. The molecule has 0 spiro atoms. The third kappa shape index (κ3) is 8.85. The van der Waals surface area contributed by atoms with Crippen LogP contribution in [-0.4, -0.2) is 5.97 Å². The molecule has 1 saturated carbocycles. The largest absolute Gasteiger partial charge is 0.423 e. The van der Waals surface area contributed by atoms with E-state index in [1.807, 2.05) is 0 Å². The van der Waals surface area contributed by atoms with Crippen LogP contribution in [0.25, 0.3) is 0 Å². The van der Waals surface area contributed by atoms with Gasteiger partial charge in [-0.1, -0.05) is 87.7 Å². The second-order valence-electron chi connectivity index (χ2n) is 11.3. The van der Waals surface area contributed by atoms with Gasteiger partial charge in [0, 0.05) is 0 Å². The Morgan fingerprint density at radius 2 is 1.69 bits per heavy atom. The molecule has 0 N–H and O–H groups in total. The van der Waals surface area contributed by atoms with E-state index in [4.69, 9.17) is 4.74 Å². The Hall–Kier alpha value is -1.97. The van der Waals surface area contributed by atoms with Gasteiger partial charge < -0.3 is 4.74 Å². The first-order valence-corrected chi connectivity index (χ1v) is 14.4. The van der Waals surface area contributed by atoms with Crippen LogP contribution in [0.3, 0.4) is 0 Å². The van der Waals surface area contributed by atoms with Gasteiger partial charge in [-0.05, 0) is 82.3 Å². The van der Waals surface area contributed by atoms with Crippen LogP contribution in [0.4, 0.5) is 8.78 Å². The van der Waals surface area contributed by atoms with Crippen LogP contribution in [0, 0.1) is 29.4 Å². The lowest BCUT2D eigenvalue weighted by molar-refractivity contribution is -0.139. The number of aryl methyl sites for hydroxylation is 1. The molecule has 2 nitrogen and oxygen atoms in total. The van der Waals surface area contributed by atoms with Crippen molar-refractivity contribution in [2.75, 3.05) is 0 Å². The average molecular weight is 501 g/mol. The fourth-order valence-electron chi connectivity index (χ4n) is 5.76. The fourth-order valence-corrected chi connectivity index (χ4v) is 5.76. The van der Waals surface area contributed by atoms with E-state index in [0.29, 0.717) is 30.7 Å². The minimum Gasteiger partial charge on any atom is -0.423 e. The highest BCUT2D eigenvalue weighted by molar-refractivity contribution is 5.75. The molecule has 0 amide bonds. The van der Waals surface area contributed by atoms with Crippen LogP contribution in [0.5, 0.6) is 5.75 Å². The molecule has 3 rings (SSSR count). The molecule has 0 saturated heterocycles. The lowest BCUT2D eigenvalue weighted by atomic mass is 9.78. The third-order valence-electron chi connectivity index (χ3n) is 8.20. The van der Waals surface area contributed by atoms with E-state index in [9.17, 15) is 13.6 Å². The van der Waals surface area contributed by atoms with E-state index in [-0.39, 0.29) is 11.7 Å². The normalized spacial score (nSPS) is 22.1. The van der Waals surface area contributed by atoms with Gasteiger partial charge in [0.1, 0.15) is 0 Å². The van der Waals surface area contributed by atoms with Crippen LogP contribution in [0.2, 0.25) is 0 Å². The Morgan fingerprint density at radius 1 is 0.972 bits per heavy atom. The number of carbonyl (C=O) groups excluding carboxylic acids is 1. The summed E-state index contributed by atoms with van der Waals surface area (Å²) in [6.45, 7) is 6.43. The highest BCUT2D eigenvalue weighted by Crippen LogP contribution is 2.35. The van der Waals surface area contributed by atoms with Crippen molar-refractivity contribution in [2.24, 2.45) is 17.8 Å². The minimum atomic E-state index is -1.03. The van der Waals surface area contributed by atoms with E-state index in [1.165, 1.54) is 68.6 Å². The number of ether oxygens (including phenoxy) is 1. The monoisotopic (exact) mass is 500 g/mol. The van der Waals surface area contributed by atoms with Crippen molar-refractivity contribution >= 4 is 5.97 Å². The number of rotatable bonds is 12. The van der Waals surface area contributed by atoms with Gasteiger partial charge in [0.2, 0.25) is 5.82 Å². The maximum atomic E-state index is 14.8. The highest BCUT2D eigenvalue weighted by Gasteiger charge is 2.26. The topological polar surface area (TPSA) is 26.3 Å². The molecular formula is C32H46F2O2. The van der Waals surface area contributed by atoms with Crippen molar-refractivity contribution in [1.29, 1.82) is 0 Å². The molecule has 1 unspecified atom stereocenters. The molecule has 36 heavy (non-hydrogen) atoms. The summed E-state index contributed by atoms with van der Waals surface area (Å²) in [6, 6.07) is 3.03. The first-order chi connectivity index (χ1) is 17.4. The SMILES string of the molecule is CCCCCC1CCC(CCc2ccc(OC(=O)C3CC=C(CCC=C(C)C)CC3)c(F)c2F)CC1. The summed E-state index contributed by atoms with van der Waals surface area (Å²) in [4.78, 5) is 12.6. The molecule has 0 bridgehead atoms. The van der Waals surface area contributed by atoms with Gasteiger partial charge >= 0.3 is 5.97 Å². The number of hydrogen-bond acceptors (Lipinski definition) is 2. The molecule has 2 aliphatic carbocycles. The van der Waals surface area contributed by atoms with Crippen LogP contribution in [0.15, 0.2) is 35.4 Å². The van der Waals surface area contributed by atoms with Crippen LogP contribution in [0.1, 0.15) is 116 Å². The van der Waals surface area contributed by atoms with Crippen molar-refractivity contribution < 1.29 is 18.3 Å². The molecule has 0 aliphatic heterocycles. The predicted octanol–water partition coefficient (Wildman–Crippen LogP) is 9.66. The standard InChI is InChI=1S/C32H46F2O2/c1-4-5-6-9-24-11-13-26(14-12-24)15-18-27-21-22-29(31(34)30(27)33)36-32(35)28-19-16-25(17-20-28)10-7-8-23(2)3/h8,16,21-22,24,26,28H,4-7,9-15,17-20H2,1-3H3. The van der Waals surface area contributed by atoms with Crippen molar-refractivity contribution in [1.82, 2.24) is 0 Å². The number of benzene rings is 1. The molecule has 1 atom stereocenters. The Kier molecular flexibility index (Phi) is 11.7. The molecule has 4 heteroatoms. The van der Waals surface area contributed by atoms with E-state index in [2.05, 4.69) is 32.9 Å². The minimum absolute atomic E-state index is 0.285. The zero-order valence-corrected chi connectivity index (χ0v) is 22.7. The summed E-state index contributed by atoms with van der Waals surface area (Å²) in [5.41, 5.74) is 3.07. The Labute approximate surface area is 217 Å². The number of unbranched alkanes of at least 4 members (excludes halogenated alkanes) is 2. The van der Waals surface area contributed by atoms with Crippen molar-refractivity contribution in [3.8, 4) is 5.75 Å². The molecule has 1 aromatic carbocycles.